The van der Waals surface area contributed by atoms with Gasteiger partial charge >= 0.3 is 0 Å². The third kappa shape index (κ3) is 7.13. The van der Waals surface area contributed by atoms with Gasteiger partial charge in [-0.3, -0.25) is 9.59 Å². The van der Waals surface area contributed by atoms with Gasteiger partial charge in [0.1, 0.15) is 11.3 Å². The molecule has 0 bridgehead atoms. The maximum atomic E-state index is 12.4. The minimum atomic E-state index is -0.877. The van der Waals surface area contributed by atoms with E-state index in [0.29, 0.717) is 18.6 Å². The predicted molar refractivity (Wildman–Crippen MR) is 97.8 cm³/mol. The van der Waals surface area contributed by atoms with Crippen molar-refractivity contribution in [3.05, 3.63) is 30.2 Å². The summed E-state index contributed by atoms with van der Waals surface area (Å²) in [6.07, 6.45) is 9.81. The smallest absolute Gasteiger partial charge is 0.245 e. The van der Waals surface area contributed by atoms with Crippen LogP contribution >= 0.6 is 0 Å². The lowest BCUT2D eigenvalue weighted by atomic mass is 9.80. The first-order chi connectivity index (χ1) is 12.1. The number of carbonyl (C=O) groups is 2. The van der Waals surface area contributed by atoms with Gasteiger partial charge in [0.25, 0.3) is 0 Å². The Labute approximate surface area is 149 Å². The van der Waals surface area contributed by atoms with Gasteiger partial charge in [0.2, 0.25) is 11.8 Å². The second kappa shape index (κ2) is 11.5. The van der Waals surface area contributed by atoms with Gasteiger partial charge in [0.05, 0.1) is 12.9 Å². The second-order valence-electron chi connectivity index (χ2n) is 6.17. The van der Waals surface area contributed by atoms with Crippen LogP contribution in [0.3, 0.4) is 0 Å². The van der Waals surface area contributed by atoms with Crippen LogP contribution < -0.4 is 10.6 Å². The van der Waals surface area contributed by atoms with Crippen LogP contribution in [0.25, 0.3) is 6.08 Å². The fourth-order valence-electron chi connectivity index (χ4n) is 2.72. The van der Waals surface area contributed by atoms with Gasteiger partial charge in [-0.2, -0.15) is 0 Å². The predicted octanol–water partition coefficient (Wildman–Crippen LogP) is 2.64. The number of nitrogens with one attached hydrogen (secondary N) is 2. The maximum absolute atomic E-state index is 12.4. The lowest BCUT2D eigenvalue weighted by Gasteiger charge is -2.36. The molecule has 2 rings (SSSR count). The van der Waals surface area contributed by atoms with E-state index in [0.717, 1.165) is 19.3 Å². The molecule has 140 valence electrons. The Kier molecular flexibility index (Phi) is 9.62. The second-order valence-corrected chi connectivity index (χ2v) is 6.17. The molecule has 0 spiro atoms. The van der Waals surface area contributed by atoms with Crippen molar-refractivity contribution in [3.8, 4) is 0 Å². The van der Waals surface area contributed by atoms with Crippen molar-refractivity contribution >= 4 is 17.9 Å². The summed E-state index contributed by atoms with van der Waals surface area (Å²) in [7, 11) is 0. The minimum Gasteiger partial charge on any atom is -0.465 e. The first kappa shape index (κ1) is 21.0. The van der Waals surface area contributed by atoms with Gasteiger partial charge in [-0.15, -0.1) is 0 Å². The summed E-state index contributed by atoms with van der Waals surface area (Å²) < 4.78 is 5.13. The molecule has 0 atom stereocenters. The van der Waals surface area contributed by atoms with E-state index in [1.165, 1.54) is 18.8 Å². The Morgan fingerprint density at radius 1 is 1.28 bits per heavy atom. The fraction of sp³-hybridized carbons (Fsp3) is 0.579. The van der Waals surface area contributed by atoms with Crippen molar-refractivity contribution in [1.82, 2.24) is 10.6 Å². The summed E-state index contributed by atoms with van der Waals surface area (Å²) in [6, 6.07) is 3.48. The molecule has 0 radical (unpaired) electrons. The van der Waals surface area contributed by atoms with Crippen molar-refractivity contribution in [2.24, 2.45) is 0 Å². The van der Waals surface area contributed by atoms with Crippen LogP contribution in [0, 0.1) is 0 Å². The van der Waals surface area contributed by atoms with E-state index in [1.54, 1.807) is 18.2 Å². The van der Waals surface area contributed by atoms with E-state index >= 15 is 0 Å². The van der Waals surface area contributed by atoms with Gasteiger partial charge in [-0.1, -0.05) is 39.5 Å². The zero-order valence-electron chi connectivity index (χ0n) is 15.2. The van der Waals surface area contributed by atoms with Crippen LogP contribution in [0.2, 0.25) is 0 Å². The molecule has 0 aliphatic heterocycles. The summed E-state index contributed by atoms with van der Waals surface area (Å²) >= 11 is 0. The van der Waals surface area contributed by atoms with Gasteiger partial charge in [0, 0.05) is 12.6 Å². The Bertz CT molecular complexity index is 532. The normalized spacial score (nSPS) is 16.0. The molecule has 1 aliphatic carbocycles. The molecule has 6 nitrogen and oxygen atoms in total. The van der Waals surface area contributed by atoms with Gasteiger partial charge in [-0.25, -0.2) is 0 Å². The molecule has 0 unspecified atom stereocenters. The van der Waals surface area contributed by atoms with Crippen molar-refractivity contribution < 1.29 is 19.1 Å². The number of rotatable bonds is 6. The highest BCUT2D eigenvalue weighted by Crippen LogP contribution is 2.28. The SMILES string of the molecule is CCC.O=C(/C=C/c1ccco1)NC1(C(=O)NCCO)CCCCC1. The van der Waals surface area contributed by atoms with E-state index in [-0.39, 0.29) is 25.0 Å². The first-order valence-electron chi connectivity index (χ1n) is 9.01. The van der Waals surface area contributed by atoms with E-state index in [4.69, 9.17) is 9.52 Å². The summed E-state index contributed by atoms with van der Waals surface area (Å²) in [5.41, 5.74) is -0.877. The van der Waals surface area contributed by atoms with Gasteiger partial charge in [0.15, 0.2) is 0 Å². The molecule has 1 fully saturated rings. The van der Waals surface area contributed by atoms with Crippen molar-refractivity contribution in [3.63, 3.8) is 0 Å². The number of aliphatic hydroxyl groups is 1. The molecule has 3 N–H and O–H groups in total. The van der Waals surface area contributed by atoms with Crippen molar-refractivity contribution in [2.75, 3.05) is 13.2 Å². The standard InChI is InChI=1S/C16H22N2O4.C3H8/c19-11-10-17-15(21)16(8-2-1-3-9-16)18-14(20)7-6-13-5-4-12-22-13;1-3-2/h4-7,12,19H,1-3,8-11H2,(H,17,21)(H,18,20);3H2,1-2H3/b7-6+;. The van der Waals surface area contributed by atoms with Gasteiger partial charge < -0.3 is 20.2 Å². The highest BCUT2D eigenvalue weighted by Gasteiger charge is 2.40. The molecular weight excluding hydrogens is 320 g/mol. The Balaban J connectivity index is 0.000000970. The summed E-state index contributed by atoms with van der Waals surface area (Å²) in [5.74, 6) is 0.0380. The lowest BCUT2D eigenvalue weighted by molar-refractivity contribution is -0.133. The first-order valence-corrected chi connectivity index (χ1v) is 9.01. The Morgan fingerprint density at radius 3 is 2.52 bits per heavy atom. The topological polar surface area (TPSA) is 91.6 Å². The third-order valence-corrected chi connectivity index (χ3v) is 3.84. The van der Waals surface area contributed by atoms with Crippen LogP contribution in [0.4, 0.5) is 0 Å². The van der Waals surface area contributed by atoms with Crippen LogP contribution in [-0.4, -0.2) is 35.6 Å². The zero-order chi connectivity index (χ0) is 18.5. The molecule has 0 aromatic carbocycles. The molecule has 0 saturated heterocycles. The number of hydrogen-bond acceptors (Lipinski definition) is 4. The van der Waals surface area contributed by atoms with Gasteiger partial charge in [-0.05, 0) is 31.1 Å². The molecular formula is C19H30N2O4. The van der Waals surface area contributed by atoms with Crippen molar-refractivity contribution in [1.29, 1.82) is 0 Å². The molecule has 1 saturated carbocycles. The molecule has 6 heteroatoms. The third-order valence-electron chi connectivity index (χ3n) is 3.84. The van der Waals surface area contributed by atoms with Crippen LogP contribution in [0.1, 0.15) is 58.1 Å². The van der Waals surface area contributed by atoms with E-state index < -0.39 is 5.54 Å². The van der Waals surface area contributed by atoms with E-state index in [1.807, 2.05) is 0 Å². The number of furan rings is 1. The average Bonchev–Trinajstić information content (AvgIpc) is 3.13. The molecule has 1 aromatic rings. The highest BCUT2D eigenvalue weighted by atomic mass is 16.3. The zero-order valence-corrected chi connectivity index (χ0v) is 15.2. The lowest BCUT2D eigenvalue weighted by Crippen LogP contribution is -2.59. The summed E-state index contributed by atoms with van der Waals surface area (Å²) in [6.45, 7) is 4.33. The number of amides is 2. The van der Waals surface area contributed by atoms with E-state index in [9.17, 15) is 9.59 Å². The van der Waals surface area contributed by atoms with Crippen molar-refractivity contribution in [2.45, 2.75) is 57.9 Å². The summed E-state index contributed by atoms with van der Waals surface area (Å²) in [5, 5.41) is 14.4. The Hall–Kier alpha value is -2.08. The Morgan fingerprint density at radius 2 is 1.96 bits per heavy atom. The summed E-state index contributed by atoms with van der Waals surface area (Å²) in [4.78, 5) is 24.5. The molecule has 2 amide bonds. The molecule has 25 heavy (non-hydrogen) atoms. The number of hydrogen-bond donors (Lipinski definition) is 3. The number of carbonyl (C=O) groups excluding carboxylic acids is 2. The quantitative estimate of drug-likeness (QED) is 0.688. The van der Waals surface area contributed by atoms with E-state index in [2.05, 4.69) is 24.5 Å². The largest absolute Gasteiger partial charge is 0.465 e. The minimum absolute atomic E-state index is 0.117. The fourth-order valence-corrected chi connectivity index (χ4v) is 2.72. The van der Waals surface area contributed by atoms with Crippen LogP contribution in [0.15, 0.2) is 28.9 Å². The maximum Gasteiger partial charge on any atom is 0.245 e. The van der Waals surface area contributed by atoms with Crippen LogP contribution in [-0.2, 0) is 9.59 Å². The molecule has 1 heterocycles. The average molecular weight is 350 g/mol. The van der Waals surface area contributed by atoms with Crippen LogP contribution in [0.5, 0.6) is 0 Å². The highest BCUT2D eigenvalue weighted by molar-refractivity contribution is 5.97. The molecule has 1 aliphatic rings. The molecule has 1 aromatic heterocycles. The monoisotopic (exact) mass is 350 g/mol. The number of aliphatic hydroxyl groups excluding tert-OH is 1.